The van der Waals surface area contributed by atoms with Crippen molar-refractivity contribution in [2.45, 2.75) is 13.8 Å². The Morgan fingerprint density at radius 1 is 1.10 bits per heavy atom. The van der Waals surface area contributed by atoms with Gasteiger partial charge in [0.15, 0.2) is 5.78 Å². The van der Waals surface area contributed by atoms with Crippen LogP contribution in [-0.2, 0) is 0 Å². The van der Waals surface area contributed by atoms with Gasteiger partial charge in [0.05, 0.1) is 7.11 Å². The van der Waals surface area contributed by atoms with Crippen LogP contribution in [0.4, 0.5) is 5.69 Å². The zero-order valence-electron chi connectivity index (χ0n) is 12.5. The fourth-order valence-corrected chi connectivity index (χ4v) is 1.97. The van der Waals surface area contributed by atoms with Gasteiger partial charge in [-0.2, -0.15) is 0 Å². The van der Waals surface area contributed by atoms with Crippen LogP contribution in [-0.4, -0.2) is 12.9 Å². The molecule has 0 fully saturated rings. The third kappa shape index (κ3) is 3.72. The molecule has 0 atom stereocenters. The molecule has 0 spiro atoms. The largest absolute Gasteiger partial charge is 0.497 e. The lowest BCUT2D eigenvalue weighted by atomic mass is 10.1. The Hall–Kier alpha value is -2.55. The molecule has 0 aliphatic heterocycles. The predicted molar refractivity (Wildman–Crippen MR) is 86.0 cm³/mol. The molecule has 2 rings (SSSR count). The standard InChI is InChI=1S/C18H19NO2/c1-13-5-4-6-17(14(13)2)19-12-11-18(20)15-7-9-16(21-3)10-8-15/h4-12,19H,1-3H3/b12-11+. The minimum Gasteiger partial charge on any atom is -0.497 e. The van der Waals surface area contributed by atoms with Gasteiger partial charge in [-0.25, -0.2) is 0 Å². The molecule has 0 bridgehead atoms. The summed E-state index contributed by atoms with van der Waals surface area (Å²) in [5.41, 5.74) is 4.04. The normalized spacial score (nSPS) is 10.6. The molecule has 0 unspecified atom stereocenters. The average molecular weight is 281 g/mol. The maximum atomic E-state index is 12.0. The van der Waals surface area contributed by atoms with Crippen LogP contribution in [0, 0.1) is 13.8 Å². The number of nitrogens with one attached hydrogen (secondary N) is 1. The van der Waals surface area contributed by atoms with E-state index >= 15 is 0 Å². The van der Waals surface area contributed by atoms with Gasteiger partial charge in [0.1, 0.15) is 5.75 Å². The number of hydrogen-bond acceptors (Lipinski definition) is 3. The number of aryl methyl sites for hydroxylation is 1. The summed E-state index contributed by atoms with van der Waals surface area (Å²) in [6.45, 7) is 4.11. The summed E-state index contributed by atoms with van der Waals surface area (Å²) in [6.07, 6.45) is 3.21. The van der Waals surface area contributed by atoms with Gasteiger partial charge in [0.25, 0.3) is 0 Å². The van der Waals surface area contributed by atoms with Crippen LogP contribution in [0.25, 0.3) is 0 Å². The number of carbonyl (C=O) groups excluding carboxylic acids is 1. The number of carbonyl (C=O) groups is 1. The lowest BCUT2D eigenvalue weighted by Crippen LogP contribution is -1.97. The Labute approximate surface area is 125 Å². The molecule has 0 heterocycles. The molecule has 0 radical (unpaired) electrons. The maximum absolute atomic E-state index is 12.0. The van der Waals surface area contributed by atoms with E-state index in [1.807, 2.05) is 12.1 Å². The number of methoxy groups -OCH3 is 1. The molecule has 0 aliphatic rings. The molecule has 0 amide bonds. The third-order valence-corrected chi connectivity index (χ3v) is 3.45. The minimum atomic E-state index is -0.0459. The highest BCUT2D eigenvalue weighted by Crippen LogP contribution is 2.18. The van der Waals surface area contributed by atoms with Gasteiger partial charge < -0.3 is 10.1 Å². The van der Waals surface area contributed by atoms with Crippen molar-refractivity contribution in [3.8, 4) is 5.75 Å². The first kappa shape index (κ1) is 14.9. The van der Waals surface area contributed by atoms with Crippen molar-refractivity contribution >= 4 is 11.5 Å². The Morgan fingerprint density at radius 2 is 1.81 bits per heavy atom. The highest BCUT2D eigenvalue weighted by atomic mass is 16.5. The summed E-state index contributed by atoms with van der Waals surface area (Å²) in [5, 5.41) is 3.15. The number of allylic oxidation sites excluding steroid dienone is 1. The Kier molecular flexibility index (Phi) is 4.77. The second kappa shape index (κ2) is 6.75. The summed E-state index contributed by atoms with van der Waals surface area (Å²) in [7, 11) is 1.60. The molecule has 2 aromatic carbocycles. The van der Waals surface area contributed by atoms with E-state index < -0.39 is 0 Å². The Balaban J connectivity index is 2.03. The number of hydrogen-bond donors (Lipinski definition) is 1. The van der Waals surface area contributed by atoms with E-state index in [0.29, 0.717) is 5.56 Å². The monoisotopic (exact) mass is 281 g/mol. The molecular weight excluding hydrogens is 262 g/mol. The van der Waals surface area contributed by atoms with Gasteiger partial charge >= 0.3 is 0 Å². The molecule has 3 nitrogen and oxygen atoms in total. The second-order valence-electron chi connectivity index (χ2n) is 4.82. The first-order valence-electron chi connectivity index (χ1n) is 6.79. The Bertz CT molecular complexity index is 657. The summed E-state index contributed by atoms with van der Waals surface area (Å²) < 4.78 is 5.07. The van der Waals surface area contributed by atoms with Crippen molar-refractivity contribution in [3.05, 3.63) is 71.4 Å². The van der Waals surface area contributed by atoms with E-state index in [2.05, 4.69) is 25.2 Å². The summed E-state index contributed by atoms with van der Waals surface area (Å²) >= 11 is 0. The van der Waals surface area contributed by atoms with Crippen LogP contribution in [0.2, 0.25) is 0 Å². The van der Waals surface area contributed by atoms with Crippen LogP contribution >= 0.6 is 0 Å². The summed E-state index contributed by atoms with van der Waals surface area (Å²) in [5.74, 6) is 0.694. The van der Waals surface area contributed by atoms with Crippen LogP contribution in [0.5, 0.6) is 5.75 Å². The molecule has 21 heavy (non-hydrogen) atoms. The maximum Gasteiger partial charge on any atom is 0.187 e. The number of ether oxygens (including phenoxy) is 1. The molecule has 3 heteroatoms. The van der Waals surface area contributed by atoms with Crippen LogP contribution in [0.3, 0.4) is 0 Å². The van der Waals surface area contributed by atoms with Crippen molar-refractivity contribution in [2.24, 2.45) is 0 Å². The predicted octanol–water partition coefficient (Wildman–Crippen LogP) is 4.12. The molecule has 0 aromatic heterocycles. The van der Waals surface area contributed by atoms with Crippen LogP contribution in [0.1, 0.15) is 21.5 Å². The van der Waals surface area contributed by atoms with Gasteiger partial charge in [-0.05, 0) is 55.3 Å². The summed E-state index contributed by atoms with van der Waals surface area (Å²) in [4.78, 5) is 12.0. The van der Waals surface area contributed by atoms with Gasteiger partial charge in [0.2, 0.25) is 0 Å². The Morgan fingerprint density at radius 3 is 2.48 bits per heavy atom. The highest BCUT2D eigenvalue weighted by Gasteiger charge is 2.02. The van der Waals surface area contributed by atoms with Gasteiger partial charge in [-0.3, -0.25) is 4.79 Å². The molecule has 108 valence electrons. The van der Waals surface area contributed by atoms with Gasteiger partial charge in [0, 0.05) is 23.5 Å². The van der Waals surface area contributed by atoms with Gasteiger partial charge in [-0.1, -0.05) is 12.1 Å². The molecule has 2 aromatic rings. The topological polar surface area (TPSA) is 38.3 Å². The van der Waals surface area contributed by atoms with E-state index in [0.717, 1.165) is 11.4 Å². The number of benzene rings is 2. The van der Waals surface area contributed by atoms with Gasteiger partial charge in [-0.15, -0.1) is 0 Å². The van der Waals surface area contributed by atoms with E-state index in [9.17, 15) is 4.79 Å². The molecular formula is C18H19NO2. The minimum absolute atomic E-state index is 0.0459. The van der Waals surface area contributed by atoms with E-state index in [1.165, 1.54) is 17.2 Å². The first-order valence-corrected chi connectivity index (χ1v) is 6.79. The zero-order valence-corrected chi connectivity index (χ0v) is 12.5. The number of anilines is 1. The SMILES string of the molecule is COc1ccc(C(=O)/C=C/Nc2cccc(C)c2C)cc1. The van der Waals surface area contributed by atoms with Crippen LogP contribution in [0.15, 0.2) is 54.7 Å². The van der Waals surface area contributed by atoms with Crippen LogP contribution < -0.4 is 10.1 Å². The molecule has 0 aliphatic carbocycles. The van der Waals surface area contributed by atoms with Crippen molar-refractivity contribution in [1.82, 2.24) is 0 Å². The molecule has 1 N–H and O–H groups in total. The highest BCUT2D eigenvalue weighted by molar-refractivity contribution is 6.04. The van der Waals surface area contributed by atoms with Crippen molar-refractivity contribution < 1.29 is 9.53 Å². The van der Waals surface area contributed by atoms with E-state index in [-0.39, 0.29) is 5.78 Å². The third-order valence-electron chi connectivity index (χ3n) is 3.45. The lowest BCUT2D eigenvalue weighted by molar-refractivity contribution is 0.104. The number of ketones is 1. The molecule has 0 saturated heterocycles. The lowest BCUT2D eigenvalue weighted by Gasteiger charge is -2.07. The summed E-state index contributed by atoms with van der Waals surface area (Å²) in [6, 6.07) is 13.1. The van der Waals surface area contributed by atoms with Crippen molar-refractivity contribution in [3.63, 3.8) is 0 Å². The fourth-order valence-electron chi connectivity index (χ4n) is 1.97. The fraction of sp³-hybridized carbons (Fsp3) is 0.167. The first-order chi connectivity index (χ1) is 10.1. The van der Waals surface area contributed by atoms with E-state index in [4.69, 9.17) is 4.74 Å². The quantitative estimate of drug-likeness (QED) is 0.662. The zero-order chi connectivity index (χ0) is 15.2. The van der Waals surface area contributed by atoms with Crippen molar-refractivity contribution in [1.29, 1.82) is 0 Å². The average Bonchev–Trinajstić information content (AvgIpc) is 2.51. The second-order valence-corrected chi connectivity index (χ2v) is 4.82. The number of rotatable bonds is 5. The molecule has 0 saturated carbocycles. The van der Waals surface area contributed by atoms with E-state index in [1.54, 1.807) is 37.6 Å². The van der Waals surface area contributed by atoms with Crippen molar-refractivity contribution in [2.75, 3.05) is 12.4 Å². The smallest absolute Gasteiger partial charge is 0.187 e.